The topological polar surface area (TPSA) is 85.2 Å². The van der Waals surface area contributed by atoms with Crippen molar-refractivity contribution in [2.45, 2.75) is 46.1 Å². The van der Waals surface area contributed by atoms with Crippen LogP contribution in [-0.2, 0) is 19.0 Å². The van der Waals surface area contributed by atoms with E-state index in [1.807, 2.05) is 0 Å². The summed E-state index contributed by atoms with van der Waals surface area (Å²) in [5.74, 6) is 0.614. The van der Waals surface area contributed by atoms with Gasteiger partial charge in [0.25, 0.3) is 0 Å². The summed E-state index contributed by atoms with van der Waals surface area (Å²) in [6.07, 6.45) is 2.41. The molecule has 1 rings (SSSR count). The molecule has 1 aliphatic rings. The maximum atomic E-state index is 11.7. The maximum absolute atomic E-state index is 11.7. The first-order valence-corrected chi connectivity index (χ1v) is 9.08. The van der Waals surface area contributed by atoms with Crippen LogP contribution in [0.3, 0.4) is 0 Å². The quantitative estimate of drug-likeness (QED) is 0.527. The number of aliphatic hydroxyl groups excluding tert-OH is 1. The number of carboxylic acid groups (broad SMARTS) is 1. The predicted molar refractivity (Wildman–Crippen MR) is 90.9 cm³/mol. The van der Waals surface area contributed by atoms with Gasteiger partial charge in [0, 0.05) is 0 Å². The molecule has 3 unspecified atom stereocenters. The van der Waals surface area contributed by atoms with E-state index in [-0.39, 0.29) is 19.1 Å². The van der Waals surface area contributed by atoms with Gasteiger partial charge in [-0.3, -0.25) is 0 Å². The van der Waals surface area contributed by atoms with E-state index in [0.717, 1.165) is 12.8 Å². The lowest BCUT2D eigenvalue weighted by molar-refractivity contribution is -0.160. The van der Waals surface area contributed by atoms with Gasteiger partial charge in [0.1, 0.15) is 0 Å². The van der Waals surface area contributed by atoms with Gasteiger partial charge in [0.05, 0.1) is 39.6 Å². The molecule has 0 saturated heterocycles. The number of hydrogen-bond acceptors (Lipinski definition) is 5. The summed E-state index contributed by atoms with van der Waals surface area (Å²) in [5.41, 5.74) is 0. The second-order valence-electron chi connectivity index (χ2n) is 7.07. The molecule has 0 aromatic heterocycles. The molecule has 0 spiro atoms. The molecule has 1 aliphatic carbocycles. The van der Waals surface area contributed by atoms with E-state index in [0.29, 0.717) is 44.2 Å². The molecule has 0 aromatic carbocycles. The fourth-order valence-corrected chi connectivity index (χ4v) is 3.62. The fourth-order valence-electron chi connectivity index (χ4n) is 3.62. The van der Waals surface area contributed by atoms with E-state index in [9.17, 15) is 9.90 Å². The molecule has 0 radical (unpaired) electrons. The Balaban J connectivity index is 2.40. The number of carbonyl (C=O) groups is 1. The molecule has 0 aromatic rings. The Bertz CT molecular complexity index is 346. The number of rotatable bonds is 12. The van der Waals surface area contributed by atoms with E-state index < -0.39 is 12.1 Å². The summed E-state index contributed by atoms with van der Waals surface area (Å²) in [4.78, 5) is 11.7. The van der Waals surface area contributed by atoms with Crippen LogP contribution in [0.5, 0.6) is 0 Å². The molecular weight excluding hydrogens is 312 g/mol. The largest absolute Gasteiger partial charge is 0.479 e. The second-order valence-corrected chi connectivity index (χ2v) is 7.07. The van der Waals surface area contributed by atoms with Crippen molar-refractivity contribution in [2.75, 3.05) is 39.6 Å². The average Bonchev–Trinajstić information content (AvgIpc) is 2.52. The molecule has 0 aliphatic heterocycles. The summed E-state index contributed by atoms with van der Waals surface area (Å²) in [7, 11) is 0. The van der Waals surface area contributed by atoms with Crippen molar-refractivity contribution in [3.63, 3.8) is 0 Å². The van der Waals surface area contributed by atoms with E-state index in [1.54, 1.807) is 0 Å². The van der Waals surface area contributed by atoms with Gasteiger partial charge in [-0.1, -0.05) is 27.2 Å². The highest BCUT2D eigenvalue weighted by Gasteiger charge is 2.39. The first kappa shape index (κ1) is 21.4. The zero-order valence-electron chi connectivity index (χ0n) is 15.3. The standard InChI is InChI=1S/C18H34O6/c1-13(2)15-5-4-14(3)12-16(15)17(18(20)21)24-11-10-23-9-8-22-7-6-19/h13-17,19H,4-12H2,1-3H3,(H,20,21)/t14-,15?,16?,17?/m1/s1. The Morgan fingerprint density at radius 1 is 1.04 bits per heavy atom. The second kappa shape index (κ2) is 11.8. The third-order valence-corrected chi connectivity index (χ3v) is 4.84. The van der Waals surface area contributed by atoms with Crippen LogP contribution in [0.25, 0.3) is 0 Å². The highest BCUT2D eigenvalue weighted by molar-refractivity contribution is 5.72. The van der Waals surface area contributed by atoms with Crippen molar-refractivity contribution in [2.24, 2.45) is 23.7 Å². The Kier molecular flexibility index (Phi) is 10.5. The number of ether oxygens (including phenoxy) is 3. The van der Waals surface area contributed by atoms with Gasteiger partial charge in [0.2, 0.25) is 0 Å². The SMILES string of the molecule is CC(C)C1CC[C@@H](C)CC1C(OCCOCCOCCO)C(=O)O. The summed E-state index contributed by atoms with van der Waals surface area (Å²) < 4.78 is 16.1. The van der Waals surface area contributed by atoms with E-state index in [1.165, 1.54) is 6.42 Å². The lowest BCUT2D eigenvalue weighted by Crippen LogP contribution is -2.42. The average molecular weight is 346 g/mol. The van der Waals surface area contributed by atoms with Gasteiger partial charge in [-0.05, 0) is 36.5 Å². The van der Waals surface area contributed by atoms with Crippen LogP contribution < -0.4 is 0 Å². The van der Waals surface area contributed by atoms with Gasteiger partial charge in [0.15, 0.2) is 6.10 Å². The summed E-state index contributed by atoms with van der Waals surface area (Å²) in [6, 6.07) is 0. The monoisotopic (exact) mass is 346 g/mol. The molecule has 2 N–H and O–H groups in total. The van der Waals surface area contributed by atoms with Crippen LogP contribution in [0, 0.1) is 23.7 Å². The van der Waals surface area contributed by atoms with Crippen LogP contribution in [0.1, 0.15) is 40.0 Å². The molecule has 0 heterocycles. The Hall–Kier alpha value is -0.690. The van der Waals surface area contributed by atoms with Gasteiger partial charge in [-0.25, -0.2) is 4.79 Å². The molecule has 0 bridgehead atoms. The van der Waals surface area contributed by atoms with Crippen molar-refractivity contribution in [1.29, 1.82) is 0 Å². The van der Waals surface area contributed by atoms with Crippen LogP contribution in [0.2, 0.25) is 0 Å². The maximum Gasteiger partial charge on any atom is 0.333 e. The first-order chi connectivity index (χ1) is 11.5. The minimum absolute atomic E-state index is 0.000230. The van der Waals surface area contributed by atoms with Gasteiger partial charge >= 0.3 is 5.97 Å². The Labute approximate surface area is 145 Å². The smallest absolute Gasteiger partial charge is 0.333 e. The van der Waals surface area contributed by atoms with Crippen molar-refractivity contribution < 1.29 is 29.2 Å². The number of aliphatic carboxylic acids is 1. The molecule has 4 atom stereocenters. The summed E-state index contributed by atoms with van der Waals surface area (Å²) in [5, 5.41) is 18.2. The fraction of sp³-hybridized carbons (Fsp3) is 0.944. The van der Waals surface area contributed by atoms with E-state index >= 15 is 0 Å². The van der Waals surface area contributed by atoms with Crippen molar-refractivity contribution >= 4 is 5.97 Å². The third-order valence-electron chi connectivity index (χ3n) is 4.84. The number of hydrogen-bond donors (Lipinski definition) is 2. The third kappa shape index (κ3) is 7.47. The highest BCUT2D eigenvalue weighted by atomic mass is 16.6. The van der Waals surface area contributed by atoms with Gasteiger partial charge in [-0.2, -0.15) is 0 Å². The number of carboxylic acids is 1. The first-order valence-electron chi connectivity index (χ1n) is 9.08. The lowest BCUT2D eigenvalue weighted by atomic mass is 9.68. The lowest BCUT2D eigenvalue weighted by Gasteiger charge is -2.40. The van der Waals surface area contributed by atoms with Crippen molar-refractivity contribution in [3.05, 3.63) is 0 Å². The zero-order valence-corrected chi connectivity index (χ0v) is 15.3. The van der Waals surface area contributed by atoms with Gasteiger partial charge in [-0.15, -0.1) is 0 Å². The van der Waals surface area contributed by atoms with Crippen LogP contribution in [0.15, 0.2) is 0 Å². The minimum Gasteiger partial charge on any atom is -0.479 e. The van der Waals surface area contributed by atoms with Gasteiger partial charge < -0.3 is 24.4 Å². The molecule has 6 heteroatoms. The molecular formula is C18H34O6. The molecule has 1 saturated carbocycles. The van der Waals surface area contributed by atoms with E-state index in [4.69, 9.17) is 19.3 Å². The molecule has 142 valence electrons. The van der Waals surface area contributed by atoms with Crippen molar-refractivity contribution in [1.82, 2.24) is 0 Å². The van der Waals surface area contributed by atoms with Crippen LogP contribution in [-0.4, -0.2) is 61.9 Å². The zero-order chi connectivity index (χ0) is 17.9. The Morgan fingerprint density at radius 2 is 1.67 bits per heavy atom. The minimum atomic E-state index is -0.869. The summed E-state index contributed by atoms with van der Waals surface area (Å²) in [6.45, 7) is 8.28. The van der Waals surface area contributed by atoms with Crippen LogP contribution >= 0.6 is 0 Å². The van der Waals surface area contributed by atoms with Crippen LogP contribution in [0.4, 0.5) is 0 Å². The molecule has 6 nitrogen and oxygen atoms in total. The Morgan fingerprint density at radius 3 is 2.25 bits per heavy atom. The number of aliphatic hydroxyl groups is 1. The summed E-state index contributed by atoms with van der Waals surface area (Å²) >= 11 is 0. The molecule has 0 amide bonds. The molecule has 1 fully saturated rings. The predicted octanol–water partition coefficient (Wildman–Crippen LogP) is 2.19. The normalized spacial score (nSPS) is 25.8. The highest BCUT2D eigenvalue weighted by Crippen LogP contribution is 2.40. The van der Waals surface area contributed by atoms with E-state index in [2.05, 4.69) is 20.8 Å². The molecule has 24 heavy (non-hydrogen) atoms. The van der Waals surface area contributed by atoms with Crippen molar-refractivity contribution in [3.8, 4) is 0 Å².